The molecule has 3 nitrogen and oxygen atoms in total. The number of rotatable bonds is 3. The van der Waals surface area contributed by atoms with Gasteiger partial charge in [-0.25, -0.2) is 0 Å². The van der Waals surface area contributed by atoms with Crippen LogP contribution in [-0.4, -0.2) is 47.6 Å². The number of likely N-dealkylation sites (N-methyl/N-ethyl adjacent to an activating group) is 1. The summed E-state index contributed by atoms with van der Waals surface area (Å²) in [5, 5.41) is 1.35. The maximum absolute atomic E-state index is 6.40. The van der Waals surface area contributed by atoms with E-state index < -0.39 is 0 Å². The highest BCUT2D eigenvalue weighted by Gasteiger charge is 2.18. The van der Waals surface area contributed by atoms with Crippen LogP contribution in [-0.2, 0) is 6.54 Å². The second-order valence-corrected chi connectivity index (χ2v) is 7.25. The lowest BCUT2D eigenvalue weighted by Crippen LogP contribution is -2.43. The van der Waals surface area contributed by atoms with Gasteiger partial charge in [0.15, 0.2) is 0 Å². The van der Waals surface area contributed by atoms with Crippen molar-refractivity contribution in [2.45, 2.75) is 20.4 Å². The van der Waals surface area contributed by atoms with E-state index >= 15 is 0 Å². The topological polar surface area (TPSA) is 11.4 Å². The van der Waals surface area contributed by atoms with Gasteiger partial charge in [-0.05, 0) is 50.7 Å². The summed E-state index contributed by atoms with van der Waals surface area (Å²) >= 11 is 12.4. The lowest BCUT2D eigenvalue weighted by atomic mass is 10.2. The van der Waals surface area contributed by atoms with E-state index in [1.807, 2.05) is 12.1 Å². The van der Waals surface area contributed by atoms with Crippen LogP contribution in [0, 0.1) is 13.8 Å². The predicted molar refractivity (Wildman–Crippen MR) is 98.0 cm³/mol. The molecule has 2 aromatic rings. The van der Waals surface area contributed by atoms with Gasteiger partial charge in [-0.3, -0.25) is 4.90 Å². The smallest absolute Gasteiger partial charge is 0.0661 e. The van der Waals surface area contributed by atoms with E-state index in [-0.39, 0.29) is 0 Å². The van der Waals surface area contributed by atoms with Gasteiger partial charge in [-0.1, -0.05) is 23.2 Å². The minimum atomic E-state index is 0.666. The van der Waals surface area contributed by atoms with E-state index in [0.29, 0.717) is 10.0 Å². The maximum Gasteiger partial charge on any atom is 0.0661 e. The molecule has 5 heteroatoms. The zero-order valence-electron chi connectivity index (χ0n) is 13.9. The molecule has 0 bridgehead atoms. The molecule has 23 heavy (non-hydrogen) atoms. The fourth-order valence-corrected chi connectivity index (χ4v) is 3.76. The van der Waals surface area contributed by atoms with Crippen molar-refractivity contribution in [2.24, 2.45) is 0 Å². The average Bonchev–Trinajstić information content (AvgIpc) is 2.77. The molecule has 0 aliphatic carbocycles. The molecule has 1 aromatic heterocycles. The number of aryl methyl sites for hydroxylation is 1. The Morgan fingerprint density at radius 1 is 1.00 bits per heavy atom. The van der Waals surface area contributed by atoms with Crippen molar-refractivity contribution < 1.29 is 0 Å². The number of hydrogen-bond acceptors (Lipinski definition) is 2. The molecule has 0 amide bonds. The molecule has 0 unspecified atom stereocenters. The van der Waals surface area contributed by atoms with E-state index in [0.717, 1.165) is 38.4 Å². The molecule has 1 aliphatic rings. The molecule has 1 aliphatic heterocycles. The molecule has 0 radical (unpaired) electrons. The Hall–Kier alpha value is -1.000. The molecule has 3 rings (SSSR count). The summed E-state index contributed by atoms with van der Waals surface area (Å²) in [4.78, 5) is 4.91. The second-order valence-electron chi connectivity index (χ2n) is 6.41. The number of piperazine rings is 1. The molecular weight excluding hydrogens is 329 g/mol. The number of halogens is 2. The van der Waals surface area contributed by atoms with Gasteiger partial charge in [0.05, 0.1) is 10.7 Å². The SMILES string of the molecule is Cc1cc(CN2CCN(C)CC2)c(C)n1-c1ccc(Cl)cc1Cl. The van der Waals surface area contributed by atoms with Crippen molar-refractivity contribution in [1.29, 1.82) is 0 Å². The van der Waals surface area contributed by atoms with Gasteiger partial charge in [-0.15, -0.1) is 0 Å². The van der Waals surface area contributed by atoms with Crippen LogP contribution in [0.4, 0.5) is 0 Å². The number of hydrogen-bond donors (Lipinski definition) is 0. The molecule has 0 saturated carbocycles. The molecule has 0 spiro atoms. The number of benzene rings is 1. The zero-order valence-corrected chi connectivity index (χ0v) is 15.5. The van der Waals surface area contributed by atoms with Gasteiger partial charge in [0.25, 0.3) is 0 Å². The van der Waals surface area contributed by atoms with Crippen molar-refractivity contribution in [3.05, 3.63) is 51.3 Å². The van der Waals surface area contributed by atoms with Gasteiger partial charge < -0.3 is 9.47 Å². The first-order chi connectivity index (χ1) is 11.0. The van der Waals surface area contributed by atoms with E-state index in [9.17, 15) is 0 Å². The first kappa shape index (κ1) is 16.8. The number of aromatic nitrogens is 1. The molecule has 124 valence electrons. The first-order valence-electron chi connectivity index (χ1n) is 8.00. The summed E-state index contributed by atoms with van der Waals surface area (Å²) in [6.45, 7) is 9.83. The first-order valence-corrected chi connectivity index (χ1v) is 8.75. The zero-order chi connectivity index (χ0) is 16.6. The highest BCUT2D eigenvalue weighted by molar-refractivity contribution is 6.35. The summed E-state index contributed by atoms with van der Waals surface area (Å²) in [7, 11) is 2.19. The normalized spacial score (nSPS) is 16.9. The van der Waals surface area contributed by atoms with E-state index in [1.165, 1.54) is 17.0 Å². The van der Waals surface area contributed by atoms with Crippen LogP contribution in [0.15, 0.2) is 24.3 Å². The second kappa shape index (κ2) is 6.86. The summed E-state index contributed by atoms with van der Waals surface area (Å²) in [6.07, 6.45) is 0. The van der Waals surface area contributed by atoms with Crippen molar-refractivity contribution >= 4 is 23.2 Å². The summed E-state index contributed by atoms with van der Waals surface area (Å²) < 4.78 is 2.23. The lowest BCUT2D eigenvalue weighted by Gasteiger charge is -2.32. The highest BCUT2D eigenvalue weighted by atomic mass is 35.5. The third kappa shape index (κ3) is 3.58. The minimum Gasteiger partial charge on any atom is -0.317 e. The number of nitrogens with zero attached hydrogens (tertiary/aromatic N) is 3. The van der Waals surface area contributed by atoms with Crippen molar-refractivity contribution in [2.75, 3.05) is 33.2 Å². The Kier molecular flexibility index (Phi) is 5.02. The molecule has 1 aromatic carbocycles. The van der Waals surface area contributed by atoms with Crippen molar-refractivity contribution in [1.82, 2.24) is 14.4 Å². The van der Waals surface area contributed by atoms with Gasteiger partial charge in [0.1, 0.15) is 0 Å². The Labute approximate surface area is 148 Å². The van der Waals surface area contributed by atoms with E-state index in [1.54, 1.807) is 6.07 Å². The Morgan fingerprint density at radius 3 is 2.35 bits per heavy atom. The predicted octanol–water partition coefficient (Wildman–Crippen LogP) is 4.15. The highest BCUT2D eigenvalue weighted by Crippen LogP contribution is 2.29. The van der Waals surface area contributed by atoms with Crippen molar-refractivity contribution in [3.8, 4) is 5.69 Å². The van der Waals surface area contributed by atoms with Gasteiger partial charge in [0.2, 0.25) is 0 Å². The van der Waals surface area contributed by atoms with Gasteiger partial charge in [0, 0.05) is 49.1 Å². The molecular formula is C18H23Cl2N3. The third-order valence-electron chi connectivity index (χ3n) is 4.68. The Morgan fingerprint density at radius 2 is 1.70 bits per heavy atom. The van der Waals surface area contributed by atoms with Gasteiger partial charge in [-0.2, -0.15) is 0 Å². The minimum absolute atomic E-state index is 0.666. The quantitative estimate of drug-likeness (QED) is 0.822. The van der Waals surface area contributed by atoms with E-state index in [4.69, 9.17) is 23.2 Å². The van der Waals surface area contributed by atoms with Crippen LogP contribution < -0.4 is 0 Å². The van der Waals surface area contributed by atoms with Crippen LogP contribution >= 0.6 is 23.2 Å². The summed E-state index contributed by atoms with van der Waals surface area (Å²) in [6, 6.07) is 7.96. The monoisotopic (exact) mass is 351 g/mol. The molecule has 0 atom stereocenters. The van der Waals surface area contributed by atoms with Crippen LogP contribution in [0.5, 0.6) is 0 Å². The fourth-order valence-electron chi connectivity index (χ4n) is 3.27. The maximum atomic E-state index is 6.40. The van der Waals surface area contributed by atoms with Crippen LogP contribution in [0.25, 0.3) is 5.69 Å². The Bertz CT molecular complexity index is 701. The lowest BCUT2D eigenvalue weighted by molar-refractivity contribution is 0.148. The summed E-state index contributed by atoms with van der Waals surface area (Å²) in [5.41, 5.74) is 4.83. The van der Waals surface area contributed by atoms with Crippen LogP contribution in [0.3, 0.4) is 0 Å². The third-order valence-corrected chi connectivity index (χ3v) is 5.21. The van der Waals surface area contributed by atoms with Crippen LogP contribution in [0.1, 0.15) is 17.0 Å². The fraction of sp³-hybridized carbons (Fsp3) is 0.444. The van der Waals surface area contributed by atoms with Crippen LogP contribution in [0.2, 0.25) is 10.0 Å². The Balaban J connectivity index is 1.87. The standard InChI is InChI=1S/C18H23Cl2N3/c1-13-10-15(12-22-8-6-21(3)7-9-22)14(2)23(13)18-5-4-16(19)11-17(18)20/h4-5,10-11H,6-9,12H2,1-3H3. The van der Waals surface area contributed by atoms with Crippen molar-refractivity contribution in [3.63, 3.8) is 0 Å². The molecule has 0 N–H and O–H groups in total. The molecule has 1 saturated heterocycles. The average molecular weight is 352 g/mol. The molecule has 2 heterocycles. The molecule has 1 fully saturated rings. The van der Waals surface area contributed by atoms with E-state index in [2.05, 4.69) is 41.3 Å². The summed E-state index contributed by atoms with van der Waals surface area (Å²) in [5.74, 6) is 0. The van der Waals surface area contributed by atoms with Gasteiger partial charge >= 0.3 is 0 Å². The largest absolute Gasteiger partial charge is 0.317 e.